The van der Waals surface area contributed by atoms with Crippen molar-refractivity contribution in [1.29, 1.82) is 0 Å². The first-order valence-corrected chi connectivity index (χ1v) is 6.91. The molecule has 0 aromatic heterocycles. The predicted molar refractivity (Wildman–Crippen MR) is 83.2 cm³/mol. The molecule has 2 aromatic carbocycles. The van der Waals surface area contributed by atoms with E-state index in [2.05, 4.69) is 5.32 Å². The smallest absolute Gasteiger partial charge is 0.311 e. The molecule has 0 radical (unpaired) electrons. The summed E-state index contributed by atoms with van der Waals surface area (Å²) in [4.78, 5) is 22.2. The second-order valence-electron chi connectivity index (χ2n) is 4.63. The van der Waals surface area contributed by atoms with E-state index in [1.54, 1.807) is 18.2 Å². The number of hydrogen-bond donors (Lipinski definition) is 1. The molecule has 0 spiro atoms. The molecular weight excluding hydrogens is 327 g/mol. The number of nitro groups is 1. The van der Waals surface area contributed by atoms with Crippen LogP contribution in [-0.2, 0) is 4.79 Å². The van der Waals surface area contributed by atoms with Crippen LogP contribution in [0.15, 0.2) is 42.5 Å². The maximum atomic E-state index is 13.2. The molecule has 1 N–H and O–H groups in total. The van der Waals surface area contributed by atoms with E-state index in [0.29, 0.717) is 10.7 Å². The van der Waals surface area contributed by atoms with Crippen LogP contribution in [0.2, 0.25) is 5.02 Å². The maximum Gasteiger partial charge on any atom is 0.311 e. The first-order valence-electron chi connectivity index (χ1n) is 6.54. The second kappa shape index (κ2) is 7.06. The van der Waals surface area contributed by atoms with Gasteiger partial charge in [0.1, 0.15) is 5.82 Å². The number of halogens is 2. The molecule has 120 valence electrons. The van der Waals surface area contributed by atoms with Crippen molar-refractivity contribution in [3.8, 4) is 5.75 Å². The number of nitrogens with zero attached hydrogens (tertiary/aromatic N) is 1. The van der Waals surface area contributed by atoms with Gasteiger partial charge in [-0.3, -0.25) is 14.9 Å². The van der Waals surface area contributed by atoms with Crippen molar-refractivity contribution in [2.45, 2.75) is 13.0 Å². The van der Waals surface area contributed by atoms with E-state index in [0.717, 1.165) is 18.2 Å². The molecular formula is C15H12ClFN2O4. The molecule has 2 aromatic rings. The van der Waals surface area contributed by atoms with E-state index in [1.165, 1.54) is 13.0 Å². The van der Waals surface area contributed by atoms with Crippen LogP contribution in [0.1, 0.15) is 6.92 Å². The Bertz CT molecular complexity index is 754. The minimum atomic E-state index is -1.07. The Labute approximate surface area is 136 Å². The SMILES string of the molecule is CC(Oc1cc(F)ccc1[N+](=O)[O-])C(=O)Nc1cccc(Cl)c1. The highest BCUT2D eigenvalue weighted by Crippen LogP contribution is 2.28. The van der Waals surface area contributed by atoms with Crippen LogP contribution in [0.4, 0.5) is 15.8 Å². The standard InChI is InChI=1S/C15H12ClFN2O4/c1-9(15(20)18-12-4-2-3-10(16)7-12)23-14-8-11(17)5-6-13(14)19(21)22/h2-9H,1H3,(H,18,20). The summed E-state index contributed by atoms with van der Waals surface area (Å²) in [5.41, 5.74) is 0.0282. The second-order valence-corrected chi connectivity index (χ2v) is 5.07. The Hall–Kier alpha value is -2.67. The Kier molecular flexibility index (Phi) is 5.13. The van der Waals surface area contributed by atoms with Crippen LogP contribution in [-0.4, -0.2) is 16.9 Å². The van der Waals surface area contributed by atoms with Gasteiger partial charge in [0.05, 0.1) is 4.92 Å². The maximum absolute atomic E-state index is 13.2. The first kappa shape index (κ1) is 16.7. The normalized spacial score (nSPS) is 11.6. The lowest BCUT2D eigenvalue weighted by Crippen LogP contribution is -2.30. The monoisotopic (exact) mass is 338 g/mol. The Morgan fingerprint density at radius 1 is 1.35 bits per heavy atom. The lowest BCUT2D eigenvalue weighted by molar-refractivity contribution is -0.386. The van der Waals surface area contributed by atoms with Crippen LogP contribution in [0, 0.1) is 15.9 Å². The lowest BCUT2D eigenvalue weighted by Gasteiger charge is -2.15. The number of nitrogens with one attached hydrogen (secondary N) is 1. The van der Waals surface area contributed by atoms with Gasteiger partial charge < -0.3 is 10.1 Å². The molecule has 0 aliphatic carbocycles. The van der Waals surface area contributed by atoms with Gasteiger partial charge in [-0.25, -0.2) is 4.39 Å². The fourth-order valence-corrected chi connectivity index (χ4v) is 1.98. The lowest BCUT2D eigenvalue weighted by atomic mass is 10.2. The number of rotatable bonds is 5. The number of anilines is 1. The van der Waals surface area contributed by atoms with Crippen molar-refractivity contribution in [3.05, 3.63) is 63.4 Å². The number of carbonyl (C=O) groups is 1. The molecule has 23 heavy (non-hydrogen) atoms. The van der Waals surface area contributed by atoms with E-state index in [4.69, 9.17) is 16.3 Å². The molecule has 1 amide bonds. The van der Waals surface area contributed by atoms with Gasteiger partial charge in [-0.2, -0.15) is 0 Å². The molecule has 0 aliphatic rings. The third-order valence-corrected chi connectivity index (χ3v) is 3.12. The van der Waals surface area contributed by atoms with Gasteiger partial charge in [-0.15, -0.1) is 0 Å². The van der Waals surface area contributed by atoms with Crippen molar-refractivity contribution < 1.29 is 18.8 Å². The highest BCUT2D eigenvalue weighted by atomic mass is 35.5. The quantitative estimate of drug-likeness (QED) is 0.664. The minimum Gasteiger partial charge on any atom is -0.474 e. The molecule has 0 saturated carbocycles. The predicted octanol–water partition coefficient (Wildman–Crippen LogP) is 3.79. The average molecular weight is 339 g/mol. The van der Waals surface area contributed by atoms with Gasteiger partial charge in [-0.05, 0) is 31.2 Å². The van der Waals surface area contributed by atoms with Gasteiger partial charge in [0.15, 0.2) is 6.10 Å². The number of benzene rings is 2. The van der Waals surface area contributed by atoms with Gasteiger partial charge in [0.25, 0.3) is 5.91 Å². The number of ether oxygens (including phenoxy) is 1. The van der Waals surface area contributed by atoms with Crippen molar-refractivity contribution >= 4 is 28.9 Å². The van der Waals surface area contributed by atoms with Crippen LogP contribution >= 0.6 is 11.6 Å². The Balaban J connectivity index is 2.12. The van der Waals surface area contributed by atoms with Crippen molar-refractivity contribution in [2.75, 3.05) is 5.32 Å². The average Bonchev–Trinajstić information content (AvgIpc) is 2.46. The minimum absolute atomic E-state index is 0.316. The molecule has 1 atom stereocenters. The number of carbonyl (C=O) groups excluding carboxylic acids is 1. The third-order valence-electron chi connectivity index (χ3n) is 2.88. The molecule has 2 rings (SSSR count). The van der Waals surface area contributed by atoms with Gasteiger partial charge in [0.2, 0.25) is 5.75 Å². The van der Waals surface area contributed by atoms with Crippen LogP contribution < -0.4 is 10.1 Å². The highest BCUT2D eigenvalue weighted by Gasteiger charge is 2.22. The van der Waals surface area contributed by atoms with E-state index < -0.39 is 28.4 Å². The number of hydrogen-bond acceptors (Lipinski definition) is 4. The third kappa shape index (κ3) is 4.40. The Morgan fingerprint density at radius 2 is 2.09 bits per heavy atom. The largest absolute Gasteiger partial charge is 0.474 e. The molecule has 0 saturated heterocycles. The van der Waals surface area contributed by atoms with Gasteiger partial charge >= 0.3 is 5.69 Å². The van der Waals surface area contributed by atoms with Crippen LogP contribution in [0.5, 0.6) is 5.75 Å². The Morgan fingerprint density at radius 3 is 2.74 bits per heavy atom. The summed E-state index contributed by atoms with van der Waals surface area (Å²) in [6.07, 6.45) is -1.07. The summed E-state index contributed by atoms with van der Waals surface area (Å²) in [6, 6.07) is 9.25. The number of nitro benzene ring substituents is 1. The van der Waals surface area contributed by atoms with Crippen molar-refractivity contribution in [2.24, 2.45) is 0 Å². The van der Waals surface area contributed by atoms with Crippen LogP contribution in [0.25, 0.3) is 0 Å². The molecule has 6 nitrogen and oxygen atoms in total. The summed E-state index contributed by atoms with van der Waals surface area (Å²) in [5.74, 6) is -1.57. The molecule has 0 bridgehead atoms. The van der Waals surface area contributed by atoms with Crippen LogP contribution in [0.3, 0.4) is 0 Å². The molecule has 0 fully saturated rings. The highest BCUT2D eigenvalue weighted by molar-refractivity contribution is 6.30. The first-order chi connectivity index (χ1) is 10.9. The molecule has 0 heterocycles. The van der Waals surface area contributed by atoms with Gasteiger partial charge in [0, 0.05) is 22.8 Å². The summed E-state index contributed by atoms with van der Waals surface area (Å²) >= 11 is 5.81. The van der Waals surface area contributed by atoms with Crippen molar-refractivity contribution in [3.63, 3.8) is 0 Å². The summed E-state index contributed by atoms with van der Waals surface area (Å²) < 4.78 is 18.5. The fraction of sp³-hybridized carbons (Fsp3) is 0.133. The van der Waals surface area contributed by atoms with Gasteiger partial charge in [-0.1, -0.05) is 17.7 Å². The summed E-state index contributed by atoms with van der Waals surface area (Å²) in [7, 11) is 0. The topological polar surface area (TPSA) is 81.5 Å². The van der Waals surface area contributed by atoms with E-state index in [-0.39, 0.29) is 5.75 Å². The zero-order valence-electron chi connectivity index (χ0n) is 12.0. The molecule has 8 heteroatoms. The zero-order chi connectivity index (χ0) is 17.0. The molecule has 1 unspecified atom stereocenters. The molecule has 0 aliphatic heterocycles. The van der Waals surface area contributed by atoms with Crippen molar-refractivity contribution in [1.82, 2.24) is 0 Å². The van der Waals surface area contributed by atoms with E-state index in [9.17, 15) is 19.3 Å². The number of amides is 1. The van der Waals surface area contributed by atoms with E-state index in [1.807, 2.05) is 0 Å². The summed E-state index contributed by atoms with van der Waals surface area (Å²) in [6.45, 7) is 1.40. The van der Waals surface area contributed by atoms with E-state index >= 15 is 0 Å². The fourth-order valence-electron chi connectivity index (χ4n) is 1.79. The summed E-state index contributed by atoms with van der Waals surface area (Å²) in [5, 5.41) is 13.9. The zero-order valence-corrected chi connectivity index (χ0v) is 12.7.